The fourth-order valence-electron chi connectivity index (χ4n) is 6.09. The van der Waals surface area contributed by atoms with Gasteiger partial charge in [0.1, 0.15) is 5.82 Å². The van der Waals surface area contributed by atoms with E-state index in [9.17, 15) is 14.0 Å². The summed E-state index contributed by atoms with van der Waals surface area (Å²) in [7, 11) is 4.45. The molecule has 224 valence electrons. The third-order valence-corrected chi connectivity index (χ3v) is 8.40. The Morgan fingerprint density at radius 1 is 0.864 bits per heavy atom. The normalized spacial score (nSPS) is 17.7. The maximum Gasteiger partial charge on any atom is 0.259 e. The molecule has 1 amide bonds. The molecule has 1 aliphatic carbocycles. The molecule has 0 bridgehead atoms. The third-order valence-electron chi connectivity index (χ3n) is 8.15. The molecule has 4 aromatic rings. The number of hydrogen-bond acceptors (Lipinski definition) is 6. The number of halogens is 2. The van der Waals surface area contributed by atoms with Gasteiger partial charge in [-0.05, 0) is 72.0 Å². The average molecular weight is 613 g/mol. The van der Waals surface area contributed by atoms with Gasteiger partial charge in [0, 0.05) is 28.3 Å². The first-order chi connectivity index (χ1) is 21.3. The first-order valence-corrected chi connectivity index (χ1v) is 14.5. The number of anilines is 2. The number of amides is 1. The molecule has 1 N–H and O–H groups in total. The van der Waals surface area contributed by atoms with Gasteiger partial charge in [0.15, 0.2) is 17.3 Å². The second-order valence-corrected chi connectivity index (χ2v) is 11.1. The van der Waals surface area contributed by atoms with Gasteiger partial charge >= 0.3 is 0 Å². The standard InChI is InChI=1S/C35H30ClFN2O5/c1-42-30-18-23(19-31(43-2)34(30)44-3)35(41)39-28-7-5-4-6-26(28)38-27-16-22(20-8-12-24(36)13-9-20)17-29(40)32(27)33(39)21-10-14-25(37)15-11-21/h4-15,18-19,22,33,38H,16-17H2,1-3H3/t22-,33+/m1/s1. The Morgan fingerprint density at radius 2 is 1.50 bits per heavy atom. The highest BCUT2D eigenvalue weighted by molar-refractivity contribution is 6.30. The van der Waals surface area contributed by atoms with E-state index in [4.69, 9.17) is 25.8 Å². The Kier molecular flexibility index (Phi) is 8.01. The summed E-state index contributed by atoms with van der Waals surface area (Å²) < 4.78 is 30.7. The first-order valence-electron chi connectivity index (χ1n) is 14.1. The molecule has 0 radical (unpaired) electrons. The van der Waals surface area contributed by atoms with Gasteiger partial charge in [0.2, 0.25) is 5.75 Å². The first kappa shape index (κ1) is 29.3. The van der Waals surface area contributed by atoms with Crippen molar-refractivity contribution in [3.8, 4) is 17.2 Å². The van der Waals surface area contributed by atoms with Crippen molar-refractivity contribution < 1.29 is 28.2 Å². The van der Waals surface area contributed by atoms with Crippen molar-refractivity contribution in [2.75, 3.05) is 31.5 Å². The van der Waals surface area contributed by atoms with Crippen LogP contribution >= 0.6 is 11.6 Å². The molecule has 0 spiro atoms. The van der Waals surface area contributed by atoms with E-state index in [0.717, 1.165) is 5.56 Å². The highest BCUT2D eigenvalue weighted by atomic mass is 35.5. The number of para-hydroxylation sites is 2. The van der Waals surface area contributed by atoms with Crippen molar-refractivity contribution in [2.24, 2.45) is 0 Å². The van der Waals surface area contributed by atoms with Crippen LogP contribution in [0.3, 0.4) is 0 Å². The minimum Gasteiger partial charge on any atom is -0.493 e. The van der Waals surface area contributed by atoms with Gasteiger partial charge in [-0.2, -0.15) is 0 Å². The second-order valence-electron chi connectivity index (χ2n) is 10.7. The maximum absolute atomic E-state index is 14.7. The number of nitrogens with one attached hydrogen (secondary N) is 1. The van der Waals surface area contributed by atoms with E-state index >= 15 is 0 Å². The molecule has 1 aliphatic heterocycles. The number of ether oxygens (including phenoxy) is 3. The van der Waals surface area contributed by atoms with Crippen LogP contribution in [0.1, 0.15) is 46.3 Å². The molecule has 0 saturated heterocycles. The van der Waals surface area contributed by atoms with E-state index in [1.165, 1.54) is 33.5 Å². The van der Waals surface area contributed by atoms with E-state index in [1.54, 1.807) is 29.2 Å². The predicted octanol–water partition coefficient (Wildman–Crippen LogP) is 7.72. The van der Waals surface area contributed by atoms with Crippen LogP contribution in [-0.4, -0.2) is 33.0 Å². The SMILES string of the molecule is COc1cc(C(=O)N2c3ccccc3NC3=C(C(=O)C[C@H](c4ccc(Cl)cc4)C3)[C@@H]2c2ccc(F)cc2)cc(OC)c1OC. The summed E-state index contributed by atoms with van der Waals surface area (Å²) >= 11 is 6.14. The molecule has 0 fully saturated rings. The second kappa shape index (κ2) is 12.1. The van der Waals surface area contributed by atoms with E-state index in [-0.39, 0.29) is 23.7 Å². The summed E-state index contributed by atoms with van der Waals surface area (Å²) in [5, 5.41) is 4.13. The van der Waals surface area contributed by atoms with E-state index < -0.39 is 17.8 Å². The zero-order valence-electron chi connectivity index (χ0n) is 24.4. The zero-order valence-corrected chi connectivity index (χ0v) is 25.2. The summed E-state index contributed by atoms with van der Waals surface area (Å²) in [6.45, 7) is 0. The van der Waals surface area contributed by atoms with Crippen molar-refractivity contribution in [2.45, 2.75) is 24.8 Å². The van der Waals surface area contributed by atoms with Crippen LogP contribution in [0.25, 0.3) is 0 Å². The van der Waals surface area contributed by atoms with Crippen LogP contribution in [0.4, 0.5) is 15.8 Å². The predicted molar refractivity (Wildman–Crippen MR) is 168 cm³/mol. The van der Waals surface area contributed by atoms with Crippen LogP contribution in [0.15, 0.2) is 96.2 Å². The molecular weight excluding hydrogens is 583 g/mol. The number of carbonyl (C=O) groups excluding carboxylic acids is 2. The lowest BCUT2D eigenvalue weighted by molar-refractivity contribution is -0.116. The molecule has 7 nitrogen and oxygen atoms in total. The van der Waals surface area contributed by atoms with Crippen LogP contribution in [0.2, 0.25) is 5.02 Å². The number of Topliss-reactive ketones (excluding diaryl/α,β-unsaturated/α-hetero) is 1. The van der Waals surface area contributed by atoms with Gasteiger partial charge < -0.3 is 19.5 Å². The summed E-state index contributed by atoms with van der Waals surface area (Å²) in [6, 6.07) is 23.1. The van der Waals surface area contributed by atoms with Gasteiger partial charge in [-0.1, -0.05) is 48.0 Å². The zero-order chi connectivity index (χ0) is 31.0. The lowest BCUT2D eigenvalue weighted by atomic mass is 9.78. The van der Waals surface area contributed by atoms with E-state index in [0.29, 0.717) is 56.9 Å². The van der Waals surface area contributed by atoms with Crippen molar-refractivity contribution in [3.63, 3.8) is 0 Å². The maximum atomic E-state index is 14.7. The van der Waals surface area contributed by atoms with Crippen molar-refractivity contribution in [1.29, 1.82) is 0 Å². The molecular formula is C35H30ClFN2O5. The van der Waals surface area contributed by atoms with E-state index in [1.807, 2.05) is 48.5 Å². The number of ketones is 1. The molecule has 6 rings (SSSR count). The molecule has 0 unspecified atom stereocenters. The minimum atomic E-state index is -0.855. The molecule has 4 aromatic carbocycles. The Balaban J connectivity index is 1.56. The van der Waals surface area contributed by atoms with Crippen LogP contribution in [0, 0.1) is 5.82 Å². The lowest BCUT2D eigenvalue weighted by Crippen LogP contribution is -2.38. The number of nitrogens with zero attached hydrogens (tertiary/aromatic N) is 1. The summed E-state index contributed by atoms with van der Waals surface area (Å²) in [4.78, 5) is 30.6. The number of benzene rings is 4. The van der Waals surface area contributed by atoms with Crippen molar-refractivity contribution >= 4 is 34.7 Å². The fraction of sp³-hybridized carbons (Fsp3) is 0.200. The number of methoxy groups -OCH3 is 3. The number of allylic oxidation sites excluding steroid dienone is 1. The Morgan fingerprint density at radius 3 is 2.14 bits per heavy atom. The molecule has 0 saturated carbocycles. The summed E-state index contributed by atoms with van der Waals surface area (Å²) in [5.74, 6) is -0.0544. The minimum absolute atomic E-state index is 0.0931. The monoisotopic (exact) mass is 612 g/mol. The van der Waals surface area contributed by atoms with Crippen LogP contribution in [-0.2, 0) is 4.79 Å². The van der Waals surface area contributed by atoms with Crippen LogP contribution < -0.4 is 24.4 Å². The summed E-state index contributed by atoms with van der Waals surface area (Å²) in [6.07, 6.45) is 0.767. The smallest absolute Gasteiger partial charge is 0.259 e. The topological polar surface area (TPSA) is 77.1 Å². The van der Waals surface area contributed by atoms with Crippen molar-refractivity contribution in [1.82, 2.24) is 0 Å². The highest BCUT2D eigenvalue weighted by Gasteiger charge is 2.42. The lowest BCUT2D eigenvalue weighted by Gasteiger charge is -2.35. The van der Waals surface area contributed by atoms with Gasteiger partial charge in [0.25, 0.3) is 5.91 Å². The number of rotatable bonds is 6. The van der Waals surface area contributed by atoms with E-state index in [2.05, 4.69) is 5.32 Å². The van der Waals surface area contributed by atoms with Gasteiger partial charge in [-0.3, -0.25) is 14.5 Å². The molecule has 9 heteroatoms. The summed E-state index contributed by atoms with van der Waals surface area (Å²) in [5.41, 5.74) is 4.24. The molecule has 44 heavy (non-hydrogen) atoms. The average Bonchev–Trinajstić information content (AvgIpc) is 3.19. The third kappa shape index (κ3) is 5.26. The number of carbonyl (C=O) groups is 2. The van der Waals surface area contributed by atoms with Gasteiger partial charge in [-0.25, -0.2) is 4.39 Å². The van der Waals surface area contributed by atoms with Gasteiger partial charge in [0.05, 0.1) is 38.7 Å². The van der Waals surface area contributed by atoms with Crippen LogP contribution in [0.5, 0.6) is 17.2 Å². The van der Waals surface area contributed by atoms with Gasteiger partial charge in [-0.15, -0.1) is 0 Å². The molecule has 1 heterocycles. The largest absolute Gasteiger partial charge is 0.493 e. The molecule has 0 aromatic heterocycles. The van der Waals surface area contributed by atoms with Crippen molar-refractivity contribution in [3.05, 3.63) is 124 Å². The highest BCUT2D eigenvalue weighted by Crippen LogP contribution is 2.48. The molecule has 2 atom stereocenters. The quantitative estimate of drug-likeness (QED) is 0.240. The Hall–Kier alpha value is -4.82. The fourth-order valence-corrected chi connectivity index (χ4v) is 6.21. The molecule has 2 aliphatic rings. The number of hydrogen-bond donors (Lipinski definition) is 1. The number of fused-ring (bicyclic) bond motifs is 1. The Bertz CT molecular complexity index is 1750. The Labute approximate surface area is 259 Å².